The number of ether oxygens (including phenoxy) is 1. The highest BCUT2D eigenvalue weighted by molar-refractivity contribution is 5.43. The molecule has 0 aliphatic heterocycles. The topological polar surface area (TPSA) is 73.9 Å². The zero-order chi connectivity index (χ0) is 9.10. The normalized spacial score (nSPS) is 9.92. The molecule has 0 bridgehead atoms. The number of methoxy groups -OCH3 is 1. The highest BCUT2D eigenvalue weighted by Gasteiger charge is 2.05. The lowest BCUT2D eigenvalue weighted by Gasteiger charge is -1.96. The molecule has 0 atom stereocenters. The molecule has 0 aromatic carbocycles. The van der Waals surface area contributed by atoms with Crippen LogP contribution < -0.4 is 4.74 Å². The first-order valence-electron chi connectivity index (χ1n) is 3.53. The first kappa shape index (κ1) is 7.66. The molecule has 0 fully saturated rings. The monoisotopic (exact) mass is 178 g/mol. The van der Waals surface area contributed by atoms with Crippen LogP contribution in [0.1, 0.15) is 0 Å². The van der Waals surface area contributed by atoms with Crippen LogP contribution in [0.15, 0.2) is 23.2 Å². The summed E-state index contributed by atoms with van der Waals surface area (Å²) in [5, 5.41) is 3.46. The summed E-state index contributed by atoms with van der Waals surface area (Å²) in [7, 11) is 1.52. The predicted molar refractivity (Wildman–Crippen MR) is 41.9 cm³/mol. The molecule has 6 nitrogen and oxygen atoms in total. The maximum absolute atomic E-state index is 4.85. The number of nitrogens with zero attached hydrogens (tertiary/aromatic N) is 4. The van der Waals surface area contributed by atoms with Crippen LogP contribution in [-0.4, -0.2) is 27.2 Å². The van der Waals surface area contributed by atoms with Crippen LogP contribution in [0.2, 0.25) is 0 Å². The zero-order valence-corrected chi connectivity index (χ0v) is 6.84. The minimum absolute atomic E-state index is 0.343. The first-order valence-corrected chi connectivity index (χ1v) is 3.53. The minimum atomic E-state index is 0.343. The molecule has 2 aromatic rings. The van der Waals surface area contributed by atoms with Crippen molar-refractivity contribution in [3.8, 4) is 17.5 Å². The quantitative estimate of drug-likeness (QED) is 0.667. The standard InChI is InChI=1S/C7H6N4O2/c1-12-6-3-8-5(2-9-6)7-10-4-11-13-7/h2-4H,1H3. The van der Waals surface area contributed by atoms with Crippen molar-refractivity contribution in [1.29, 1.82) is 0 Å². The fraction of sp³-hybridized carbons (Fsp3) is 0.143. The fourth-order valence-electron chi connectivity index (χ4n) is 0.818. The second-order valence-corrected chi connectivity index (χ2v) is 2.19. The lowest BCUT2D eigenvalue weighted by molar-refractivity contribution is 0.395. The molecular formula is C7H6N4O2. The van der Waals surface area contributed by atoms with Gasteiger partial charge in [0.1, 0.15) is 5.69 Å². The van der Waals surface area contributed by atoms with E-state index in [1.165, 1.54) is 25.8 Å². The van der Waals surface area contributed by atoms with Crippen LogP contribution in [0.3, 0.4) is 0 Å². The van der Waals surface area contributed by atoms with E-state index in [0.29, 0.717) is 17.5 Å². The first-order chi connectivity index (χ1) is 6.40. The molecule has 2 heterocycles. The maximum atomic E-state index is 4.85. The lowest BCUT2D eigenvalue weighted by atomic mass is 10.4. The van der Waals surface area contributed by atoms with E-state index < -0.39 is 0 Å². The Balaban J connectivity index is 2.33. The zero-order valence-electron chi connectivity index (χ0n) is 6.84. The van der Waals surface area contributed by atoms with Crippen LogP contribution in [0.5, 0.6) is 5.88 Å². The predicted octanol–water partition coefficient (Wildman–Crippen LogP) is 0.535. The van der Waals surface area contributed by atoms with Crippen molar-refractivity contribution < 1.29 is 9.26 Å². The summed E-state index contributed by atoms with van der Waals surface area (Å²) in [5.74, 6) is 0.790. The van der Waals surface area contributed by atoms with Gasteiger partial charge in [-0.2, -0.15) is 4.98 Å². The Morgan fingerprint density at radius 3 is 2.69 bits per heavy atom. The summed E-state index contributed by atoms with van der Waals surface area (Å²) < 4.78 is 9.63. The number of hydrogen-bond donors (Lipinski definition) is 0. The smallest absolute Gasteiger partial charge is 0.277 e. The number of hydrogen-bond acceptors (Lipinski definition) is 6. The van der Waals surface area contributed by atoms with Crippen molar-refractivity contribution in [2.24, 2.45) is 0 Å². The summed E-state index contributed by atoms with van der Waals surface area (Å²) in [6.45, 7) is 0. The van der Waals surface area contributed by atoms with Crippen molar-refractivity contribution >= 4 is 0 Å². The van der Waals surface area contributed by atoms with Gasteiger partial charge in [0.25, 0.3) is 5.89 Å². The number of aromatic nitrogens is 4. The lowest BCUT2D eigenvalue weighted by Crippen LogP contribution is -1.90. The molecule has 2 aromatic heterocycles. The van der Waals surface area contributed by atoms with E-state index in [2.05, 4.69) is 20.1 Å². The van der Waals surface area contributed by atoms with E-state index in [1.807, 2.05) is 0 Å². The van der Waals surface area contributed by atoms with Crippen LogP contribution >= 0.6 is 0 Å². The second kappa shape index (κ2) is 3.18. The maximum Gasteiger partial charge on any atom is 0.277 e. The van der Waals surface area contributed by atoms with E-state index in [0.717, 1.165) is 0 Å². The summed E-state index contributed by atoms with van der Waals surface area (Å²) in [5.41, 5.74) is 0.526. The number of rotatable bonds is 2. The van der Waals surface area contributed by atoms with Crippen molar-refractivity contribution in [3.05, 3.63) is 18.7 Å². The Bertz CT molecular complexity index is 370. The van der Waals surface area contributed by atoms with Gasteiger partial charge in [-0.3, -0.25) is 0 Å². The average molecular weight is 178 g/mol. The molecule has 0 spiro atoms. The van der Waals surface area contributed by atoms with E-state index in [9.17, 15) is 0 Å². The molecule has 66 valence electrons. The van der Waals surface area contributed by atoms with Crippen molar-refractivity contribution in [2.45, 2.75) is 0 Å². The van der Waals surface area contributed by atoms with Crippen molar-refractivity contribution in [2.75, 3.05) is 7.11 Å². The molecule has 0 saturated carbocycles. The molecule has 13 heavy (non-hydrogen) atoms. The van der Waals surface area contributed by atoms with Gasteiger partial charge in [-0.25, -0.2) is 9.97 Å². The average Bonchev–Trinajstić information content (AvgIpc) is 2.71. The fourth-order valence-corrected chi connectivity index (χ4v) is 0.818. The molecule has 0 amide bonds. The van der Waals surface area contributed by atoms with Crippen molar-refractivity contribution in [1.82, 2.24) is 20.1 Å². The Morgan fingerprint density at radius 1 is 1.23 bits per heavy atom. The van der Waals surface area contributed by atoms with Gasteiger partial charge in [0.2, 0.25) is 5.88 Å². The van der Waals surface area contributed by atoms with Gasteiger partial charge >= 0.3 is 0 Å². The summed E-state index contributed by atoms with van der Waals surface area (Å²) in [6, 6.07) is 0. The van der Waals surface area contributed by atoms with Crippen LogP contribution in [0, 0.1) is 0 Å². The van der Waals surface area contributed by atoms with Gasteiger partial charge in [0.15, 0.2) is 6.33 Å². The Labute approximate surface area is 73.6 Å². The highest BCUT2D eigenvalue weighted by atomic mass is 16.5. The van der Waals surface area contributed by atoms with E-state index in [-0.39, 0.29) is 0 Å². The molecule has 2 rings (SSSR count). The SMILES string of the molecule is COc1cnc(-c2ncno2)cn1. The Hall–Kier alpha value is -1.98. The largest absolute Gasteiger partial charge is 0.480 e. The van der Waals surface area contributed by atoms with E-state index >= 15 is 0 Å². The molecule has 0 aliphatic rings. The van der Waals surface area contributed by atoms with Crippen LogP contribution in [-0.2, 0) is 0 Å². The van der Waals surface area contributed by atoms with Gasteiger partial charge in [0.05, 0.1) is 19.5 Å². The van der Waals surface area contributed by atoms with Gasteiger partial charge < -0.3 is 9.26 Å². The third kappa shape index (κ3) is 1.46. The molecule has 0 unspecified atom stereocenters. The third-order valence-corrected chi connectivity index (χ3v) is 1.42. The van der Waals surface area contributed by atoms with Gasteiger partial charge in [-0.15, -0.1) is 0 Å². The highest BCUT2D eigenvalue weighted by Crippen LogP contribution is 2.12. The Morgan fingerprint density at radius 2 is 2.15 bits per heavy atom. The van der Waals surface area contributed by atoms with Crippen molar-refractivity contribution in [3.63, 3.8) is 0 Å². The Kier molecular flexibility index (Phi) is 1.87. The minimum Gasteiger partial charge on any atom is -0.480 e. The molecule has 0 N–H and O–H groups in total. The second-order valence-electron chi connectivity index (χ2n) is 2.19. The van der Waals surface area contributed by atoms with Gasteiger partial charge in [-0.05, 0) is 0 Å². The summed E-state index contributed by atoms with van der Waals surface area (Å²) in [4.78, 5) is 11.8. The van der Waals surface area contributed by atoms with Gasteiger partial charge in [0, 0.05) is 0 Å². The van der Waals surface area contributed by atoms with E-state index in [4.69, 9.17) is 9.26 Å². The third-order valence-electron chi connectivity index (χ3n) is 1.42. The van der Waals surface area contributed by atoms with Crippen LogP contribution in [0.25, 0.3) is 11.6 Å². The summed E-state index contributed by atoms with van der Waals surface area (Å²) in [6.07, 6.45) is 4.30. The van der Waals surface area contributed by atoms with Gasteiger partial charge in [-0.1, -0.05) is 5.16 Å². The molecule has 6 heteroatoms. The molecular weight excluding hydrogens is 172 g/mol. The van der Waals surface area contributed by atoms with E-state index in [1.54, 1.807) is 0 Å². The molecule has 0 radical (unpaired) electrons. The van der Waals surface area contributed by atoms with Crippen LogP contribution in [0.4, 0.5) is 0 Å². The molecule has 0 aliphatic carbocycles. The molecule has 0 saturated heterocycles. The summed E-state index contributed by atoms with van der Waals surface area (Å²) >= 11 is 0.